The lowest BCUT2D eigenvalue weighted by molar-refractivity contribution is 0.179. The first kappa shape index (κ1) is 14.5. The minimum atomic E-state index is 0.139. The van der Waals surface area contributed by atoms with E-state index in [4.69, 9.17) is 10.6 Å². The van der Waals surface area contributed by atoms with Crippen LogP contribution in [0.25, 0.3) is 0 Å². The number of aromatic nitrogens is 2. The van der Waals surface area contributed by atoms with Crippen molar-refractivity contribution < 1.29 is 4.74 Å². The largest absolute Gasteiger partial charge is 0.383 e. The number of hydrogen-bond acceptors (Lipinski definition) is 4. The molecule has 1 aromatic rings. The van der Waals surface area contributed by atoms with E-state index >= 15 is 0 Å². The number of nitrogens with zero attached hydrogens (tertiary/aromatic N) is 3. The van der Waals surface area contributed by atoms with Gasteiger partial charge in [-0.3, -0.25) is 10.1 Å². The average Bonchev–Trinajstić information content (AvgIpc) is 2.63. The predicted molar refractivity (Wildman–Crippen MR) is 70.9 cm³/mol. The summed E-state index contributed by atoms with van der Waals surface area (Å²) in [5.74, 6) is 5.96. The molecule has 4 N–H and O–H groups in total. The molecule has 0 aliphatic rings. The number of ether oxygens (including phenoxy) is 1. The second-order valence-electron chi connectivity index (χ2n) is 4.22. The van der Waals surface area contributed by atoms with E-state index in [-0.39, 0.29) is 6.04 Å². The summed E-state index contributed by atoms with van der Waals surface area (Å²) in [6.45, 7) is 5.07. The Balaban J connectivity index is 2.59. The zero-order chi connectivity index (χ0) is 13.5. The number of hydrazine groups is 1. The van der Waals surface area contributed by atoms with Crippen LogP contribution in [0.15, 0.2) is 11.2 Å². The fourth-order valence-electron chi connectivity index (χ4n) is 1.63. The highest BCUT2D eigenvalue weighted by Crippen LogP contribution is 2.05. The molecule has 1 aromatic heterocycles. The molecule has 102 valence electrons. The molecule has 1 heterocycles. The van der Waals surface area contributed by atoms with Crippen molar-refractivity contribution in [3.05, 3.63) is 17.5 Å². The number of nitrogens with two attached hydrogens (primary N) is 1. The van der Waals surface area contributed by atoms with Crippen molar-refractivity contribution in [2.45, 2.75) is 26.4 Å². The minimum Gasteiger partial charge on any atom is -0.383 e. The van der Waals surface area contributed by atoms with Gasteiger partial charge in [-0.1, -0.05) is 0 Å². The van der Waals surface area contributed by atoms with Gasteiger partial charge in [0.1, 0.15) is 0 Å². The third-order valence-corrected chi connectivity index (χ3v) is 2.46. The number of rotatable bonds is 5. The monoisotopic (exact) mass is 254 g/mol. The molecule has 0 amide bonds. The first-order valence-corrected chi connectivity index (χ1v) is 5.82. The molecule has 0 aliphatic carbocycles. The van der Waals surface area contributed by atoms with Crippen LogP contribution in [-0.4, -0.2) is 35.5 Å². The highest BCUT2D eigenvalue weighted by molar-refractivity contribution is 5.79. The van der Waals surface area contributed by atoms with Crippen molar-refractivity contribution in [3.63, 3.8) is 0 Å². The molecule has 0 fully saturated rings. The number of aliphatic imine (C=N–C) groups is 1. The van der Waals surface area contributed by atoms with Gasteiger partial charge in [0.15, 0.2) is 0 Å². The van der Waals surface area contributed by atoms with E-state index in [1.54, 1.807) is 11.8 Å². The summed E-state index contributed by atoms with van der Waals surface area (Å²) in [6.07, 6.45) is 1.95. The van der Waals surface area contributed by atoms with Gasteiger partial charge in [-0.2, -0.15) is 5.10 Å². The van der Waals surface area contributed by atoms with E-state index < -0.39 is 0 Å². The van der Waals surface area contributed by atoms with E-state index in [1.165, 1.54) is 0 Å². The van der Waals surface area contributed by atoms with E-state index in [0.717, 1.165) is 11.3 Å². The predicted octanol–water partition coefficient (Wildman–Crippen LogP) is -0.328. The van der Waals surface area contributed by atoms with Crippen molar-refractivity contribution in [2.24, 2.45) is 17.9 Å². The average molecular weight is 254 g/mol. The molecular weight excluding hydrogens is 232 g/mol. The van der Waals surface area contributed by atoms with Gasteiger partial charge in [0.2, 0.25) is 5.96 Å². The highest BCUT2D eigenvalue weighted by atomic mass is 16.5. The zero-order valence-corrected chi connectivity index (χ0v) is 11.4. The smallest absolute Gasteiger partial charge is 0.206 e. The number of nitrogens with one attached hydrogen (secondary N) is 2. The van der Waals surface area contributed by atoms with E-state index in [9.17, 15) is 0 Å². The number of aryl methyl sites for hydroxylation is 2. The molecule has 7 heteroatoms. The van der Waals surface area contributed by atoms with Crippen LogP contribution < -0.4 is 16.6 Å². The Hall–Kier alpha value is -1.60. The van der Waals surface area contributed by atoms with E-state index in [1.807, 2.05) is 27.1 Å². The normalized spacial score (nSPS) is 13.5. The topological polar surface area (TPSA) is 89.5 Å². The van der Waals surface area contributed by atoms with Gasteiger partial charge in [0.25, 0.3) is 0 Å². The lowest BCUT2D eigenvalue weighted by Gasteiger charge is -2.15. The summed E-state index contributed by atoms with van der Waals surface area (Å²) < 4.78 is 6.81. The second kappa shape index (κ2) is 6.97. The van der Waals surface area contributed by atoms with Crippen molar-refractivity contribution in [3.8, 4) is 0 Å². The first-order valence-electron chi connectivity index (χ1n) is 5.82. The summed E-state index contributed by atoms with van der Waals surface area (Å²) >= 11 is 0. The molecular formula is C11H22N6O. The van der Waals surface area contributed by atoms with Crippen LogP contribution in [0.3, 0.4) is 0 Å². The molecule has 18 heavy (non-hydrogen) atoms. The lowest BCUT2D eigenvalue weighted by atomic mass is 10.3. The van der Waals surface area contributed by atoms with Crippen molar-refractivity contribution >= 4 is 5.96 Å². The number of guanidine groups is 1. The SMILES string of the molecule is COCC(C)NC(=NCc1cn(C)nc1C)NN. The minimum absolute atomic E-state index is 0.139. The lowest BCUT2D eigenvalue weighted by Crippen LogP contribution is -2.46. The van der Waals surface area contributed by atoms with Gasteiger partial charge < -0.3 is 10.1 Å². The fraction of sp³-hybridized carbons (Fsp3) is 0.636. The highest BCUT2D eigenvalue weighted by Gasteiger charge is 2.05. The van der Waals surface area contributed by atoms with Crippen LogP contribution in [0.4, 0.5) is 0 Å². The van der Waals surface area contributed by atoms with Crippen LogP contribution in [0.5, 0.6) is 0 Å². The van der Waals surface area contributed by atoms with Crippen LogP contribution in [0.1, 0.15) is 18.2 Å². The summed E-state index contributed by atoms with van der Waals surface area (Å²) in [5.41, 5.74) is 4.59. The molecule has 0 radical (unpaired) electrons. The van der Waals surface area contributed by atoms with Gasteiger partial charge in [0.05, 0.1) is 18.8 Å². The third kappa shape index (κ3) is 4.34. The van der Waals surface area contributed by atoms with Crippen molar-refractivity contribution in [1.82, 2.24) is 20.5 Å². The Kier molecular flexibility index (Phi) is 5.60. The Labute approximate surface area is 107 Å². The standard InChI is InChI=1S/C11H22N6O/c1-8(7-18-4)14-11(15-12)13-5-10-6-17(3)16-9(10)2/h6,8H,5,7,12H2,1-4H3,(H2,13,14,15). The van der Waals surface area contributed by atoms with Gasteiger partial charge in [0, 0.05) is 32.0 Å². The number of hydrogen-bond donors (Lipinski definition) is 3. The maximum Gasteiger partial charge on any atom is 0.206 e. The Morgan fingerprint density at radius 1 is 1.67 bits per heavy atom. The summed E-state index contributed by atoms with van der Waals surface area (Å²) in [5, 5.41) is 7.39. The summed E-state index contributed by atoms with van der Waals surface area (Å²) in [7, 11) is 3.55. The van der Waals surface area contributed by atoms with Gasteiger partial charge in [-0.25, -0.2) is 10.8 Å². The third-order valence-electron chi connectivity index (χ3n) is 2.46. The molecule has 1 atom stereocenters. The first-order chi connectivity index (χ1) is 8.56. The molecule has 1 rings (SSSR count). The molecule has 0 aromatic carbocycles. The number of methoxy groups -OCH3 is 1. The maximum atomic E-state index is 5.42. The maximum absolute atomic E-state index is 5.42. The van der Waals surface area contributed by atoms with Crippen LogP contribution >= 0.6 is 0 Å². The molecule has 0 spiro atoms. The van der Waals surface area contributed by atoms with Crippen LogP contribution in [-0.2, 0) is 18.3 Å². The van der Waals surface area contributed by atoms with Gasteiger partial charge in [-0.05, 0) is 13.8 Å². The van der Waals surface area contributed by atoms with Gasteiger partial charge >= 0.3 is 0 Å². The zero-order valence-electron chi connectivity index (χ0n) is 11.4. The quantitative estimate of drug-likeness (QED) is 0.290. The Morgan fingerprint density at radius 2 is 2.39 bits per heavy atom. The van der Waals surface area contributed by atoms with E-state index in [2.05, 4.69) is 20.8 Å². The summed E-state index contributed by atoms with van der Waals surface area (Å²) in [6, 6.07) is 0.139. The molecule has 7 nitrogen and oxygen atoms in total. The molecule has 1 unspecified atom stereocenters. The molecule has 0 bridgehead atoms. The Morgan fingerprint density at radius 3 is 2.89 bits per heavy atom. The molecule has 0 saturated heterocycles. The van der Waals surface area contributed by atoms with Gasteiger partial charge in [-0.15, -0.1) is 0 Å². The van der Waals surface area contributed by atoms with Crippen LogP contribution in [0.2, 0.25) is 0 Å². The second-order valence-corrected chi connectivity index (χ2v) is 4.22. The van der Waals surface area contributed by atoms with Crippen molar-refractivity contribution in [2.75, 3.05) is 13.7 Å². The summed E-state index contributed by atoms with van der Waals surface area (Å²) in [4.78, 5) is 4.37. The molecule has 0 saturated carbocycles. The van der Waals surface area contributed by atoms with E-state index in [0.29, 0.717) is 19.1 Å². The van der Waals surface area contributed by atoms with Crippen molar-refractivity contribution in [1.29, 1.82) is 0 Å². The van der Waals surface area contributed by atoms with Crippen LogP contribution in [0, 0.1) is 6.92 Å². The Bertz CT molecular complexity index is 400. The molecule has 0 aliphatic heterocycles. The fourth-order valence-corrected chi connectivity index (χ4v) is 1.63.